The lowest BCUT2D eigenvalue weighted by Crippen LogP contribution is -2.25. The van der Waals surface area contributed by atoms with Gasteiger partial charge in [0.05, 0.1) is 12.6 Å². The average Bonchev–Trinajstić information content (AvgIpc) is 2.61. The second kappa shape index (κ2) is 7.55. The molecule has 7 nitrogen and oxygen atoms in total. The number of ether oxygens (including phenoxy) is 1. The van der Waals surface area contributed by atoms with E-state index in [0.717, 1.165) is 11.1 Å². The first-order valence-electron chi connectivity index (χ1n) is 8.36. The number of carbonyl (C=O) groups excluding carboxylic acids is 1. The molecule has 0 spiro atoms. The van der Waals surface area contributed by atoms with Gasteiger partial charge in [-0.25, -0.2) is 0 Å². The van der Waals surface area contributed by atoms with E-state index in [1.807, 2.05) is 6.07 Å². The third kappa shape index (κ3) is 4.19. The van der Waals surface area contributed by atoms with Crippen molar-refractivity contribution in [2.45, 2.75) is 31.5 Å². The van der Waals surface area contributed by atoms with Crippen LogP contribution >= 0.6 is 0 Å². The first-order chi connectivity index (χ1) is 12.4. The Balaban J connectivity index is 1.67. The highest BCUT2D eigenvalue weighted by molar-refractivity contribution is 6.04. The molecule has 6 N–H and O–H groups in total. The van der Waals surface area contributed by atoms with Crippen molar-refractivity contribution in [2.75, 3.05) is 5.32 Å². The van der Waals surface area contributed by atoms with Gasteiger partial charge in [0.15, 0.2) is 0 Å². The predicted octanol–water partition coefficient (Wildman–Crippen LogP) is 2.02. The first-order valence-corrected chi connectivity index (χ1v) is 8.36. The van der Waals surface area contributed by atoms with Gasteiger partial charge in [0, 0.05) is 11.3 Å². The molecule has 1 atom stereocenters. The number of aryl methyl sites for hydroxylation is 1. The highest BCUT2D eigenvalue weighted by Gasteiger charge is 2.22. The smallest absolute Gasteiger partial charge is 0.307 e. The van der Waals surface area contributed by atoms with Crippen LogP contribution in [0.25, 0.3) is 0 Å². The summed E-state index contributed by atoms with van der Waals surface area (Å²) in [6.07, 6.45) is 0.448. The number of carboxylic acids is 1. The summed E-state index contributed by atoms with van der Waals surface area (Å²) < 4.78 is 5.71. The summed E-state index contributed by atoms with van der Waals surface area (Å²) in [7, 11) is 0. The zero-order valence-electron chi connectivity index (χ0n) is 14.1. The molecule has 0 aliphatic carbocycles. The highest BCUT2D eigenvalue weighted by atomic mass is 16.5. The van der Waals surface area contributed by atoms with Crippen LogP contribution in [-0.2, 0) is 11.2 Å². The van der Waals surface area contributed by atoms with E-state index >= 15 is 0 Å². The van der Waals surface area contributed by atoms with Gasteiger partial charge in [-0.15, -0.1) is 0 Å². The molecule has 0 saturated heterocycles. The van der Waals surface area contributed by atoms with E-state index < -0.39 is 12.1 Å². The third-order valence-electron chi connectivity index (χ3n) is 4.31. The Morgan fingerprint density at radius 1 is 1.19 bits per heavy atom. The minimum Gasteiger partial charge on any atom is -0.490 e. The van der Waals surface area contributed by atoms with Gasteiger partial charge in [-0.1, -0.05) is 12.1 Å². The molecule has 0 bridgehead atoms. The summed E-state index contributed by atoms with van der Waals surface area (Å²) in [5, 5.41) is 11.7. The second-order valence-corrected chi connectivity index (χ2v) is 6.30. The van der Waals surface area contributed by atoms with E-state index in [2.05, 4.69) is 5.32 Å². The second-order valence-electron chi connectivity index (χ2n) is 6.30. The number of hydrogen-bond acceptors (Lipinski definition) is 5. The van der Waals surface area contributed by atoms with Gasteiger partial charge in [-0.2, -0.15) is 0 Å². The number of nitrogens with one attached hydrogen (secondary N) is 1. The van der Waals surface area contributed by atoms with Crippen molar-refractivity contribution < 1.29 is 19.4 Å². The number of benzene rings is 2. The predicted molar refractivity (Wildman–Crippen MR) is 96.9 cm³/mol. The molecule has 0 radical (unpaired) electrons. The molecular formula is C19H21N3O4. The number of nitrogens with two attached hydrogens (primary N) is 2. The topological polar surface area (TPSA) is 128 Å². The maximum atomic E-state index is 12.4. The van der Waals surface area contributed by atoms with Gasteiger partial charge >= 0.3 is 5.97 Å². The van der Waals surface area contributed by atoms with E-state index in [1.165, 1.54) is 0 Å². The normalized spacial score (nSPS) is 15.9. The van der Waals surface area contributed by atoms with Crippen molar-refractivity contribution >= 4 is 17.6 Å². The quantitative estimate of drug-likeness (QED) is 0.608. The number of carboxylic acid groups (broad SMARTS) is 1. The molecule has 0 saturated carbocycles. The van der Waals surface area contributed by atoms with E-state index in [1.54, 1.807) is 36.4 Å². The van der Waals surface area contributed by atoms with Crippen LogP contribution in [0.3, 0.4) is 0 Å². The van der Waals surface area contributed by atoms with Crippen molar-refractivity contribution in [1.82, 2.24) is 0 Å². The Kier molecular flexibility index (Phi) is 5.20. The summed E-state index contributed by atoms with van der Waals surface area (Å²) in [4.78, 5) is 23.2. The average molecular weight is 355 g/mol. The molecule has 1 unspecified atom stereocenters. The molecule has 2 aromatic carbocycles. The summed E-state index contributed by atoms with van der Waals surface area (Å²) in [5.41, 5.74) is 14.1. The standard InChI is InChI=1S/C19H21N3O4/c20-18(21)11-1-3-12(4-2-11)19(25)22-14-6-8-16-13(9-14)5-7-15(26-16)10-17(23)24/h1-4,6,8-9,15,18H,5,7,10,20-21H2,(H,22,25)(H,23,24). The summed E-state index contributed by atoms with van der Waals surface area (Å²) >= 11 is 0. The van der Waals surface area contributed by atoms with Gasteiger partial charge in [0.2, 0.25) is 0 Å². The monoisotopic (exact) mass is 355 g/mol. The molecule has 1 heterocycles. The maximum absolute atomic E-state index is 12.4. The fraction of sp³-hybridized carbons (Fsp3) is 0.263. The molecule has 1 aliphatic heterocycles. The summed E-state index contributed by atoms with van der Waals surface area (Å²) in [6, 6.07) is 12.2. The van der Waals surface area contributed by atoms with E-state index in [-0.39, 0.29) is 18.4 Å². The van der Waals surface area contributed by atoms with Crippen LogP contribution in [-0.4, -0.2) is 23.1 Å². The van der Waals surface area contributed by atoms with Crippen molar-refractivity contribution in [1.29, 1.82) is 0 Å². The Hall–Kier alpha value is -2.90. The van der Waals surface area contributed by atoms with Gasteiger partial charge in [-0.05, 0) is 54.3 Å². The Morgan fingerprint density at radius 3 is 2.58 bits per heavy atom. The molecule has 7 heteroatoms. The molecule has 1 amide bonds. The molecule has 3 rings (SSSR count). The van der Waals surface area contributed by atoms with Crippen LogP contribution in [0.1, 0.15) is 40.5 Å². The zero-order chi connectivity index (χ0) is 18.7. The van der Waals surface area contributed by atoms with Crippen molar-refractivity contribution in [2.24, 2.45) is 11.5 Å². The van der Waals surface area contributed by atoms with E-state index in [9.17, 15) is 9.59 Å². The van der Waals surface area contributed by atoms with Crippen molar-refractivity contribution in [3.05, 3.63) is 59.2 Å². The molecule has 136 valence electrons. The molecule has 0 fully saturated rings. The fourth-order valence-corrected chi connectivity index (χ4v) is 2.92. The lowest BCUT2D eigenvalue weighted by Gasteiger charge is -2.25. The van der Waals surface area contributed by atoms with Crippen LogP contribution in [0.4, 0.5) is 5.69 Å². The van der Waals surface area contributed by atoms with Gasteiger partial charge in [0.1, 0.15) is 11.9 Å². The first kappa shape index (κ1) is 17.9. The summed E-state index contributed by atoms with van der Waals surface area (Å²) in [6.45, 7) is 0. The maximum Gasteiger partial charge on any atom is 0.307 e. The number of fused-ring (bicyclic) bond motifs is 1. The van der Waals surface area contributed by atoms with Gasteiger partial charge < -0.3 is 26.6 Å². The van der Waals surface area contributed by atoms with E-state index in [0.29, 0.717) is 29.8 Å². The number of aliphatic carboxylic acids is 1. The number of rotatable bonds is 5. The lowest BCUT2D eigenvalue weighted by molar-refractivity contribution is -0.139. The molecule has 2 aromatic rings. The van der Waals surface area contributed by atoms with Gasteiger partial charge in [0.25, 0.3) is 5.91 Å². The van der Waals surface area contributed by atoms with Gasteiger partial charge in [-0.3, -0.25) is 9.59 Å². The van der Waals surface area contributed by atoms with Crippen molar-refractivity contribution in [3.8, 4) is 5.75 Å². The number of carbonyl (C=O) groups is 2. The van der Waals surface area contributed by atoms with Crippen LogP contribution < -0.4 is 21.5 Å². The largest absolute Gasteiger partial charge is 0.490 e. The number of anilines is 1. The van der Waals surface area contributed by atoms with E-state index in [4.69, 9.17) is 21.3 Å². The highest BCUT2D eigenvalue weighted by Crippen LogP contribution is 2.31. The Morgan fingerprint density at radius 2 is 1.92 bits per heavy atom. The fourth-order valence-electron chi connectivity index (χ4n) is 2.92. The molecule has 26 heavy (non-hydrogen) atoms. The van der Waals surface area contributed by atoms with Crippen molar-refractivity contribution in [3.63, 3.8) is 0 Å². The van der Waals surface area contributed by atoms with Crippen LogP contribution in [0.2, 0.25) is 0 Å². The molecular weight excluding hydrogens is 334 g/mol. The zero-order valence-corrected chi connectivity index (χ0v) is 14.1. The Labute approximate surface area is 150 Å². The lowest BCUT2D eigenvalue weighted by atomic mass is 10.00. The minimum absolute atomic E-state index is 0.0135. The number of hydrogen-bond donors (Lipinski definition) is 4. The Bertz CT molecular complexity index is 818. The SMILES string of the molecule is NC(N)c1ccc(C(=O)Nc2ccc3c(c2)CCC(CC(=O)O)O3)cc1. The molecule has 0 aromatic heterocycles. The van der Waals surface area contributed by atoms with Crippen LogP contribution in [0.15, 0.2) is 42.5 Å². The number of amides is 1. The minimum atomic E-state index is -0.871. The third-order valence-corrected chi connectivity index (χ3v) is 4.31. The van der Waals surface area contributed by atoms with Crippen LogP contribution in [0.5, 0.6) is 5.75 Å². The summed E-state index contributed by atoms with van der Waals surface area (Å²) in [5.74, 6) is -0.437. The molecule has 1 aliphatic rings. The van der Waals surface area contributed by atoms with Crippen LogP contribution in [0, 0.1) is 0 Å².